The van der Waals surface area contributed by atoms with Gasteiger partial charge in [-0.25, -0.2) is 9.97 Å². The van der Waals surface area contributed by atoms with Crippen LogP contribution in [0, 0.1) is 0 Å². The highest BCUT2D eigenvalue weighted by Gasteiger charge is 2.11. The first-order valence-corrected chi connectivity index (χ1v) is 16.0. The topological polar surface area (TPSA) is 51.6 Å². The van der Waals surface area contributed by atoms with Crippen molar-refractivity contribution in [3.05, 3.63) is 170 Å². The van der Waals surface area contributed by atoms with Gasteiger partial charge in [0, 0.05) is 57.8 Å². The molecule has 9 aromatic rings. The quantitative estimate of drug-likeness (QED) is 0.181. The van der Waals surface area contributed by atoms with E-state index >= 15 is 0 Å². The van der Waals surface area contributed by atoms with Gasteiger partial charge < -0.3 is 0 Å². The molecule has 4 heteroatoms. The van der Waals surface area contributed by atoms with Crippen LogP contribution in [0.5, 0.6) is 0 Å². The minimum Gasteiger partial charge on any atom is -0.264 e. The molecule has 224 valence electrons. The molecule has 0 radical (unpaired) electrons. The summed E-state index contributed by atoms with van der Waals surface area (Å²) in [5.41, 5.74) is 12.6. The Morgan fingerprint density at radius 3 is 1.56 bits per heavy atom. The molecular formula is C44H28N4. The van der Waals surface area contributed by atoms with Gasteiger partial charge in [0.2, 0.25) is 0 Å². The molecule has 48 heavy (non-hydrogen) atoms. The number of fused-ring (bicyclic) bond motifs is 3. The predicted molar refractivity (Wildman–Crippen MR) is 197 cm³/mol. The maximum Gasteiger partial charge on any atom is 0.0715 e. The Morgan fingerprint density at radius 2 is 0.854 bits per heavy atom. The van der Waals surface area contributed by atoms with E-state index in [0.29, 0.717) is 0 Å². The van der Waals surface area contributed by atoms with Crippen molar-refractivity contribution in [2.45, 2.75) is 0 Å². The van der Waals surface area contributed by atoms with Gasteiger partial charge in [-0.2, -0.15) is 0 Å². The Hall–Kier alpha value is -6.52. The highest BCUT2D eigenvalue weighted by molar-refractivity contribution is 5.97. The lowest BCUT2D eigenvalue weighted by molar-refractivity contribution is 1.32. The third-order valence-corrected chi connectivity index (χ3v) is 8.96. The van der Waals surface area contributed by atoms with Crippen LogP contribution in [0.25, 0.3) is 88.5 Å². The molecule has 0 bridgehead atoms. The van der Waals surface area contributed by atoms with Crippen LogP contribution < -0.4 is 0 Å². The SMILES string of the molecule is c1cncc(-c2cc(-c3cccnc3)cc(-c3ccc4cc(-c5cccc(-c6ccc7cc8ccccc8cc7n6)c5)ccc4n3)c2)c1. The number of aromatic nitrogens is 4. The zero-order valence-corrected chi connectivity index (χ0v) is 26.0. The minimum absolute atomic E-state index is 0.920. The molecule has 0 amide bonds. The maximum atomic E-state index is 5.12. The number of rotatable bonds is 5. The monoisotopic (exact) mass is 612 g/mol. The number of hydrogen-bond donors (Lipinski definition) is 0. The highest BCUT2D eigenvalue weighted by Crippen LogP contribution is 2.34. The third kappa shape index (κ3) is 5.25. The van der Waals surface area contributed by atoms with Crippen molar-refractivity contribution >= 4 is 32.6 Å². The van der Waals surface area contributed by atoms with Crippen LogP contribution in [0.15, 0.2) is 170 Å². The van der Waals surface area contributed by atoms with E-state index in [2.05, 4.69) is 143 Å². The van der Waals surface area contributed by atoms with E-state index in [4.69, 9.17) is 9.97 Å². The third-order valence-electron chi connectivity index (χ3n) is 8.96. The molecule has 5 aromatic carbocycles. The van der Waals surface area contributed by atoms with Crippen LogP contribution in [0.1, 0.15) is 0 Å². The molecule has 9 rings (SSSR count). The average Bonchev–Trinajstić information content (AvgIpc) is 3.17. The summed E-state index contributed by atoms with van der Waals surface area (Å²) >= 11 is 0. The van der Waals surface area contributed by atoms with Crippen molar-refractivity contribution in [1.82, 2.24) is 19.9 Å². The Bertz CT molecular complexity index is 2560. The van der Waals surface area contributed by atoms with Crippen LogP contribution in [0.2, 0.25) is 0 Å². The van der Waals surface area contributed by atoms with Crippen LogP contribution in [-0.4, -0.2) is 19.9 Å². The zero-order valence-electron chi connectivity index (χ0n) is 26.0. The molecule has 4 nitrogen and oxygen atoms in total. The van der Waals surface area contributed by atoms with Gasteiger partial charge in [-0.1, -0.05) is 72.8 Å². The molecule has 4 aromatic heterocycles. The van der Waals surface area contributed by atoms with Gasteiger partial charge in [0.15, 0.2) is 0 Å². The van der Waals surface area contributed by atoms with Gasteiger partial charge >= 0.3 is 0 Å². The molecule has 0 aliphatic carbocycles. The van der Waals surface area contributed by atoms with E-state index in [1.54, 1.807) is 12.4 Å². The van der Waals surface area contributed by atoms with Gasteiger partial charge in [0.1, 0.15) is 0 Å². The van der Waals surface area contributed by atoms with Crippen LogP contribution in [-0.2, 0) is 0 Å². The van der Waals surface area contributed by atoms with Gasteiger partial charge in [-0.15, -0.1) is 0 Å². The summed E-state index contributed by atoms with van der Waals surface area (Å²) in [5, 5.41) is 4.67. The van der Waals surface area contributed by atoms with E-state index in [1.165, 1.54) is 10.8 Å². The highest BCUT2D eigenvalue weighted by atomic mass is 14.7. The van der Waals surface area contributed by atoms with E-state index < -0.39 is 0 Å². The Balaban J connectivity index is 1.07. The lowest BCUT2D eigenvalue weighted by Crippen LogP contribution is -1.90. The molecule has 0 N–H and O–H groups in total. The van der Waals surface area contributed by atoms with Crippen molar-refractivity contribution < 1.29 is 0 Å². The fourth-order valence-corrected chi connectivity index (χ4v) is 6.47. The Labute approximate surface area is 278 Å². The van der Waals surface area contributed by atoms with Crippen molar-refractivity contribution in [3.63, 3.8) is 0 Å². The molecule has 0 unspecified atom stereocenters. The first-order valence-electron chi connectivity index (χ1n) is 16.0. The number of nitrogens with zero attached hydrogens (tertiary/aromatic N) is 4. The van der Waals surface area contributed by atoms with Crippen molar-refractivity contribution in [1.29, 1.82) is 0 Å². The van der Waals surface area contributed by atoms with Gasteiger partial charge in [-0.3, -0.25) is 9.97 Å². The van der Waals surface area contributed by atoms with Crippen LogP contribution >= 0.6 is 0 Å². The van der Waals surface area contributed by atoms with E-state index in [0.717, 1.165) is 77.7 Å². The largest absolute Gasteiger partial charge is 0.264 e. The fraction of sp³-hybridized carbons (Fsp3) is 0. The molecule has 0 fully saturated rings. The summed E-state index contributed by atoms with van der Waals surface area (Å²) in [7, 11) is 0. The van der Waals surface area contributed by atoms with Gasteiger partial charge in [0.05, 0.1) is 22.4 Å². The molecule has 0 aliphatic rings. The average molecular weight is 613 g/mol. The summed E-state index contributed by atoms with van der Waals surface area (Å²) in [6, 6.07) is 51.2. The van der Waals surface area contributed by atoms with Crippen molar-refractivity contribution in [3.8, 4) is 55.9 Å². The molecule has 0 spiro atoms. The Morgan fingerprint density at radius 1 is 0.292 bits per heavy atom. The standard InChI is InChI=1S/C44H28N4/c1-2-7-31-26-44-35(21-29(31)6-1)14-16-41(48-44)33-9-3-8-30(20-33)32-12-15-42-34(22-32)13-17-43(47-42)40-24-38(36-10-4-18-45-27-36)23-39(25-40)37-11-5-19-46-28-37/h1-28H. The second-order valence-electron chi connectivity index (χ2n) is 12.1. The van der Waals surface area contributed by atoms with Crippen LogP contribution in [0.4, 0.5) is 0 Å². The van der Waals surface area contributed by atoms with E-state index in [1.807, 2.05) is 24.5 Å². The van der Waals surface area contributed by atoms with Crippen molar-refractivity contribution in [2.75, 3.05) is 0 Å². The van der Waals surface area contributed by atoms with E-state index in [-0.39, 0.29) is 0 Å². The number of hydrogen-bond acceptors (Lipinski definition) is 4. The Kier molecular flexibility index (Phi) is 6.76. The lowest BCUT2D eigenvalue weighted by Gasteiger charge is -2.12. The van der Waals surface area contributed by atoms with Crippen molar-refractivity contribution in [2.24, 2.45) is 0 Å². The zero-order chi connectivity index (χ0) is 31.9. The summed E-state index contributed by atoms with van der Waals surface area (Å²) in [6.07, 6.45) is 7.39. The normalized spacial score (nSPS) is 11.3. The predicted octanol–water partition coefficient (Wildman–Crippen LogP) is 11.1. The summed E-state index contributed by atoms with van der Waals surface area (Å²) in [4.78, 5) is 18.9. The second kappa shape index (κ2) is 11.7. The maximum absolute atomic E-state index is 5.12. The second-order valence-corrected chi connectivity index (χ2v) is 12.1. The first-order chi connectivity index (χ1) is 23.7. The van der Waals surface area contributed by atoms with E-state index in [9.17, 15) is 0 Å². The number of benzene rings is 5. The summed E-state index contributed by atoms with van der Waals surface area (Å²) < 4.78 is 0. The fourth-order valence-electron chi connectivity index (χ4n) is 6.47. The molecular weight excluding hydrogens is 585 g/mol. The van der Waals surface area contributed by atoms with Gasteiger partial charge in [-0.05, 0) is 106 Å². The minimum atomic E-state index is 0.920. The lowest BCUT2D eigenvalue weighted by atomic mass is 9.95. The molecule has 0 atom stereocenters. The first kappa shape index (κ1) is 27.8. The van der Waals surface area contributed by atoms with Crippen LogP contribution in [0.3, 0.4) is 0 Å². The molecule has 0 aliphatic heterocycles. The molecule has 4 heterocycles. The summed E-state index contributed by atoms with van der Waals surface area (Å²) in [6.45, 7) is 0. The smallest absolute Gasteiger partial charge is 0.0715 e. The summed E-state index contributed by atoms with van der Waals surface area (Å²) in [5.74, 6) is 0. The molecule has 0 saturated heterocycles. The number of pyridine rings is 4. The molecule has 0 saturated carbocycles. The van der Waals surface area contributed by atoms with Gasteiger partial charge in [0.25, 0.3) is 0 Å².